The lowest BCUT2D eigenvalue weighted by Crippen LogP contribution is -2.10. The van der Waals surface area contributed by atoms with Crippen LogP contribution in [0.2, 0.25) is 0 Å². The van der Waals surface area contributed by atoms with Gasteiger partial charge in [0.1, 0.15) is 0 Å². The van der Waals surface area contributed by atoms with Crippen LogP contribution in [0.15, 0.2) is 36.7 Å². The van der Waals surface area contributed by atoms with Crippen LogP contribution in [0.25, 0.3) is 0 Å². The average molecular weight is 215 g/mol. The lowest BCUT2D eigenvalue weighted by molar-refractivity contribution is 0.866. The van der Waals surface area contributed by atoms with E-state index in [0.717, 1.165) is 17.5 Å². The predicted molar refractivity (Wildman–Crippen MR) is 65.1 cm³/mol. The second-order valence-corrected chi connectivity index (χ2v) is 4.00. The van der Waals surface area contributed by atoms with E-state index in [-0.39, 0.29) is 6.04 Å². The highest BCUT2D eigenvalue weighted by atomic mass is 15.1. The number of hydrogen-bond donors (Lipinski definition) is 2. The molecule has 1 unspecified atom stereocenters. The summed E-state index contributed by atoms with van der Waals surface area (Å²) in [5, 5.41) is 6.69. The number of H-pyrrole nitrogens is 1. The van der Waals surface area contributed by atoms with Crippen LogP contribution in [-0.4, -0.2) is 10.2 Å². The van der Waals surface area contributed by atoms with Gasteiger partial charge in [0.15, 0.2) is 0 Å². The van der Waals surface area contributed by atoms with E-state index in [1.54, 1.807) is 6.20 Å². The van der Waals surface area contributed by atoms with Gasteiger partial charge in [-0.1, -0.05) is 37.6 Å². The molecule has 2 aromatic rings. The minimum atomic E-state index is -0.0885. The van der Waals surface area contributed by atoms with Gasteiger partial charge in [0, 0.05) is 11.8 Å². The normalized spacial score (nSPS) is 12.6. The number of nitrogens with zero attached hydrogens (tertiary/aromatic N) is 1. The Kier molecular flexibility index (Phi) is 3.37. The van der Waals surface area contributed by atoms with Crippen molar-refractivity contribution in [1.82, 2.24) is 10.2 Å². The molecule has 84 valence electrons. The Bertz CT molecular complexity index is 417. The van der Waals surface area contributed by atoms with E-state index in [0.29, 0.717) is 0 Å². The van der Waals surface area contributed by atoms with Crippen molar-refractivity contribution in [1.29, 1.82) is 0 Å². The molecule has 16 heavy (non-hydrogen) atoms. The van der Waals surface area contributed by atoms with Crippen LogP contribution in [0.5, 0.6) is 0 Å². The molecule has 1 heterocycles. The molecule has 0 saturated carbocycles. The van der Waals surface area contributed by atoms with Crippen LogP contribution < -0.4 is 5.73 Å². The molecule has 0 bridgehead atoms. The van der Waals surface area contributed by atoms with E-state index in [2.05, 4.69) is 41.4 Å². The topological polar surface area (TPSA) is 54.7 Å². The number of aryl methyl sites for hydroxylation is 1. The highest BCUT2D eigenvalue weighted by molar-refractivity contribution is 5.31. The molecule has 0 amide bonds. The van der Waals surface area contributed by atoms with Crippen molar-refractivity contribution >= 4 is 0 Å². The molecule has 3 nitrogen and oxygen atoms in total. The van der Waals surface area contributed by atoms with Crippen molar-refractivity contribution in [2.75, 3.05) is 0 Å². The third-order valence-electron chi connectivity index (χ3n) is 2.76. The second-order valence-electron chi connectivity index (χ2n) is 4.00. The molecule has 0 saturated heterocycles. The van der Waals surface area contributed by atoms with E-state index in [9.17, 15) is 0 Å². The Morgan fingerprint density at radius 1 is 1.25 bits per heavy atom. The molecular weight excluding hydrogens is 198 g/mol. The van der Waals surface area contributed by atoms with Gasteiger partial charge in [0.05, 0.1) is 12.2 Å². The number of benzene rings is 1. The zero-order valence-electron chi connectivity index (χ0n) is 9.48. The maximum atomic E-state index is 6.12. The number of aromatic amines is 1. The Morgan fingerprint density at radius 3 is 2.56 bits per heavy atom. The first-order valence-electron chi connectivity index (χ1n) is 5.64. The molecule has 2 rings (SSSR count). The molecule has 3 heteroatoms. The van der Waals surface area contributed by atoms with Crippen LogP contribution in [0, 0.1) is 0 Å². The molecule has 1 atom stereocenters. The van der Waals surface area contributed by atoms with Gasteiger partial charge in [0.2, 0.25) is 0 Å². The van der Waals surface area contributed by atoms with Gasteiger partial charge in [-0.25, -0.2) is 0 Å². The monoisotopic (exact) mass is 215 g/mol. The van der Waals surface area contributed by atoms with E-state index in [1.165, 1.54) is 12.0 Å². The van der Waals surface area contributed by atoms with Gasteiger partial charge in [-0.3, -0.25) is 5.10 Å². The lowest BCUT2D eigenvalue weighted by atomic mass is 10.00. The van der Waals surface area contributed by atoms with Crippen LogP contribution in [0.1, 0.15) is 36.1 Å². The highest BCUT2D eigenvalue weighted by Gasteiger charge is 2.09. The first-order valence-corrected chi connectivity index (χ1v) is 5.64. The fourth-order valence-electron chi connectivity index (χ4n) is 1.80. The molecule has 0 fully saturated rings. The quantitative estimate of drug-likeness (QED) is 0.823. The Morgan fingerprint density at radius 2 is 2.00 bits per heavy atom. The minimum absolute atomic E-state index is 0.0885. The van der Waals surface area contributed by atoms with Crippen molar-refractivity contribution in [2.24, 2.45) is 5.73 Å². The van der Waals surface area contributed by atoms with Crippen LogP contribution >= 0.6 is 0 Å². The molecule has 0 aliphatic carbocycles. The van der Waals surface area contributed by atoms with E-state index < -0.39 is 0 Å². The van der Waals surface area contributed by atoms with Crippen molar-refractivity contribution in [3.8, 4) is 0 Å². The number of rotatable bonds is 4. The largest absolute Gasteiger partial charge is 0.320 e. The van der Waals surface area contributed by atoms with Gasteiger partial charge < -0.3 is 5.73 Å². The maximum absolute atomic E-state index is 6.12. The molecule has 0 radical (unpaired) electrons. The van der Waals surface area contributed by atoms with Crippen molar-refractivity contribution in [2.45, 2.75) is 25.8 Å². The summed E-state index contributed by atoms with van der Waals surface area (Å²) >= 11 is 0. The Labute approximate surface area is 95.7 Å². The number of nitrogens with two attached hydrogens (primary N) is 1. The molecular formula is C13H17N3. The average Bonchev–Trinajstić information content (AvgIpc) is 2.83. The summed E-state index contributed by atoms with van der Waals surface area (Å²) in [5.41, 5.74) is 9.63. The number of aromatic nitrogens is 2. The van der Waals surface area contributed by atoms with Gasteiger partial charge in [-0.15, -0.1) is 0 Å². The summed E-state index contributed by atoms with van der Waals surface area (Å²) < 4.78 is 0. The minimum Gasteiger partial charge on any atom is -0.320 e. The van der Waals surface area contributed by atoms with Crippen molar-refractivity contribution in [3.63, 3.8) is 0 Å². The highest BCUT2D eigenvalue weighted by Crippen LogP contribution is 2.18. The molecule has 1 aromatic heterocycles. The Hall–Kier alpha value is -1.61. The summed E-state index contributed by atoms with van der Waals surface area (Å²) in [6.45, 7) is 2.19. The zero-order valence-corrected chi connectivity index (χ0v) is 9.48. The molecule has 0 aliphatic heterocycles. The summed E-state index contributed by atoms with van der Waals surface area (Å²) in [4.78, 5) is 0. The second kappa shape index (κ2) is 4.94. The van der Waals surface area contributed by atoms with E-state index in [1.807, 2.05) is 6.20 Å². The van der Waals surface area contributed by atoms with Crippen molar-refractivity contribution < 1.29 is 0 Å². The lowest BCUT2D eigenvalue weighted by Gasteiger charge is -2.10. The molecule has 0 spiro atoms. The fraction of sp³-hybridized carbons (Fsp3) is 0.308. The standard InChI is InChI=1S/C13H17N3/c1-2-3-10-4-6-11(7-5-10)13(14)12-8-15-16-9-12/h4-9,13H,2-3,14H2,1H3,(H,15,16). The number of nitrogens with one attached hydrogen (secondary N) is 1. The van der Waals surface area contributed by atoms with Gasteiger partial charge in [-0.05, 0) is 17.5 Å². The van der Waals surface area contributed by atoms with E-state index >= 15 is 0 Å². The van der Waals surface area contributed by atoms with Gasteiger partial charge >= 0.3 is 0 Å². The molecule has 3 N–H and O–H groups in total. The van der Waals surface area contributed by atoms with Crippen molar-refractivity contribution in [3.05, 3.63) is 53.3 Å². The third kappa shape index (κ3) is 2.31. The van der Waals surface area contributed by atoms with Crippen LogP contribution in [-0.2, 0) is 6.42 Å². The predicted octanol–water partition coefficient (Wildman–Crippen LogP) is 2.41. The summed E-state index contributed by atoms with van der Waals surface area (Å²) in [6.07, 6.45) is 5.91. The van der Waals surface area contributed by atoms with Gasteiger partial charge in [0.25, 0.3) is 0 Å². The molecule has 1 aromatic carbocycles. The maximum Gasteiger partial charge on any atom is 0.0582 e. The smallest absolute Gasteiger partial charge is 0.0582 e. The summed E-state index contributed by atoms with van der Waals surface area (Å²) in [5.74, 6) is 0. The zero-order chi connectivity index (χ0) is 11.4. The van der Waals surface area contributed by atoms with Gasteiger partial charge in [-0.2, -0.15) is 5.10 Å². The fourth-order valence-corrected chi connectivity index (χ4v) is 1.80. The number of hydrogen-bond acceptors (Lipinski definition) is 2. The Balaban J connectivity index is 2.15. The SMILES string of the molecule is CCCc1ccc(C(N)c2cn[nH]c2)cc1. The van der Waals surface area contributed by atoms with Crippen LogP contribution in [0.3, 0.4) is 0 Å². The summed E-state index contributed by atoms with van der Waals surface area (Å²) in [7, 11) is 0. The first-order chi connectivity index (χ1) is 7.81. The third-order valence-corrected chi connectivity index (χ3v) is 2.76. The molecule has 0 aliphatic rings. The van der Waals surface area contributed by atoms with E-state index in [4.69, 9.17) is 5.73 Å². The first kappa shape index (κ1) is 10.9. The summed E-state index contributed by atoms with van der Waals surface area (Å²) in [6, 6.07) is 8.41. The van der Waals surface area contributed by atoms with Crippen LogP contribution in [0.4, 0.5) is 0 Å².